The van der Waals surface area contributed by atoms with Gasteiger partial charge >= 0.3 is 25.3 Å². The highest BCUT2D eigenvalue weighted by Gasteiger charge is 2.67. The number of hydrogen-bond acceptors (Lipinski definition) is 12. The van der Waals surface area contributed by atoms with Gasteiger partial charge in [-0.05, 0) is 124 Å². The van der Waals surface area contributed by atoms with Crippen LogP contribution in [0.3, 0.4) is 0 Å². The molecular weight excluding hydrogens is 747 g/mol. The van der Waals surface area contributed by atoms with E-state index in [-0.39, 0.29) is 35.1 Å². The number of carbonyl (C=O) groups excluding carboxylic acids is 4. The number of imidazole rings is 1. The Kier molecular flexibility index (Phi) is 11.7. The standard InChI is InChI=1S/C42H61BN4O11/c1-38(2,3)54-35(49)31-28(52-26-16-18-47(22-26)34(48)32(27-21-44-23-45-27)46-36(50)55-39(4,5)6)14-13-24(33(31)53-37(51)56-40(7,8)9)15-17-43-57-30-20-25-19-29(41(25,10)11)42(30,12)58-43/h13-14,21,23,25-26,29-30,32H,15-20,22H2,1-12H3,(H,44,45)(H,46,50)/t25-,26+,29-,30+,32?,42-/m0/s1. The van der Waals surface area contributed by atoms with Gasteiger partial charge in [-0.3, -0.25) is 4.79 Å². The third-order valence-electron chi connectivity index (χ3n) is 11.5. The van der Waals surface area contributed by atoms with Crippen molar-refractivity contribution < 1.29 is 52.2 Å². The summed E-state index contributed by atoms with van der Waals surface area (Å²) in [6.45, 7) is 22.8. The van der Waals surface area contributed by atoms with E-state index in [0.29, 0.717) is 48.8 Å². The normalized spacial score (nSPS) is 25.6. The molecule has 3 saturated carbocycles. The van der Waals surface area contributed by atoms with Crippen LogP contribution < -0.4 is 14.8 Å². The summed E-state index contributed by atoms with van der Waals surface area (Å²) in [5.41, 5.74) is -2.00. The lowest BCUT2D eigenvalue weighted by Crippen LogP contribution is -2.65. The van der Waals surface area contributed by atoms with Crippen LogP contribution in [0.15, 0.2) is 24.7 Å². The van der Waals surface area contributed by atoms with Gasteiger partial charge in [0, 0.05) is 19.2 Å². The molecule has 0 radical (unpaired) electrons. The van der Waals surface area contributed by atoms with Gasteiger partial charge in [0.25, 0.3) is 5.91 Å². The highest BCUT2D eigenvalue weighted by Crippen LogP contribution is 2.65. The molecule has 3 aliphatic carbocycles. The van der Waals surface area contributed by atoms with Crippen LogP contribution in [-0.4, -0.2) is 93.8 Å². The summed E-state index contributed by atoms with van der Waals surface area (Å²) in [5, 5.41) is 2.65. The van der Waals surface area contributed by atoms with Crippen molar-refractivity contribution in [2.75, 3.05) is 13.1 Å². The number of nitrogens with one attached hydrogen (secondary N) is 2. The number of hydrogen-bond donors (Lipinski definition) is 2. The summed E-state index contributed by atoms with van der Waals surface area (Å²) in [5.74, 6) is -0.103. The van der Waals surface area contributed by atoms with Gasteiger partial charge in [-0.25, -0.2) is 19.4 Å². The fraction of sp³-hybridized carbons (Fsp3) is 0.690. The van der Waals surface area contributed by atoms with Crippen LogP contribution in [-0.2, 0) is 34.7 Å². The van der Waals surface area contributed by atoms with E-state index in [1.54, 1.807) is 79.3 Å². The molecule has 3 heterocycles. The van der Waals surface area contributed by atoms with Gasteiger partial charge in [-0.1, -0.05) is 19.9 Å². The molecule has 5 fully saturated rings. The second kappa shape index (κ2) is 15.7. The molecule has 2 bridgehead atoms. The zero-order valence-electron chi connectivity index (χ0n) is 36.1. The highest BCUT2D eigenvalue weighted by molar-refractivity contribution is 6.45. The Morgan fingerprint density at radius 3 is 2.29 bits per heavy atom. The van der Waals surface area contributed by atoms with Crippen molar-refractivity contribution in [3.8, 4) is 11.5 Å². The number of H-pyrrole nitrogens is 1. The molecule has 0 spiro atoms. The van der Waals surface area contributed by atoms with E-state index in [1.807, 2.05) is 0 Å². The van der Waals surface area contributed by atoms with E-state index < -0.39 is 65.8 Å². The number of ether oxygens (including phenoxy) is 5. The number of aromatic amines is 1. The summed E-state index contributed by atoms with van der Waals surface area (Å²) in [6.07, 6.45) is 3.88. The molecule has 2 saturated heterocycles. The van der Waals surface area contributed by atoms with Gasteiger partial charge < -0.3 is 48.2 Å². The first-order valence-electron chi connectivity index (χ1n) is 20.4. The molecule has 15 nitrogen and oxygen atoms in total. The molecule has 1 aromatic heterocycles. The number of alkyl carbamates (subject to hydrolysis) is 1. The first-order valence-corrected chi connectivity index (χ1v) is 20.4. The van der Waals surface area contributed by atoms with Gasteiger partial charge in [0.2, 0.25) is 0 Å². The minimum Gasteiger partial charge on any atom is -0.487 e. The smallest absolute Gasteiger partial charge is 0.487 e. The predicted molar refractivity (Wildman–Crippen MR) is 213 cm³/mol. The van der Waals surface area contributed by atoms with Crippen molar-refractivity contribution in [3.63, 3.8) is 0 Å². The summed E-state index contributed by atoms with van der Waals surface area (Å²) in [6, 6.07) is 2.29. The number of aromatic nitrogens is 2. The predicted octanol–water partition coefficient (Wildman–Crippen LogP) is 7.20. The molecular formula is C42H61BN4O11. The zero-order valence-corrected chi connectivity index (χ0v) is 36.1. The van der Waals surface area contributed by atoms with Gasteiger partial charge in [0.05, 0.1) is 30.3 Å². The molecule has 1 aromatic carbocycles. The van der Waals surface area contributed by atoms with Crippen molar-refractivity contribution in [1.29, 1.82) is 0 Å². The van der Waals surface area contributed by atoms with E-state index >= 15 is 0 Å². The Balaban J connectivity index is 1.25. The fourth-order valence-electron chi connectivity index (χ4n) is 8.75. The minimum atomic E-state index is -1.12. The molecule has 2 amide bonds. The monoisotopic (exact) mass is 808 g/mol. The molecule has 318 valence electrons. The van der Waals surface area contributed by atoms with Crippen molar-refractivity contribution >= 4 is 31.2 Å². The Morgan fingerprint density at radius 2 is 1.67 bits per heavy atom. The first-order chi connectivity index (χ1) is 26.8. The van der Waals surface area contributed by atoms with E-state index in [2.05, 4.69) is 36.1 Å². The van der Waals surface area contributed by atoms with Crippen molar-refractivity contribution in [2.45, 2.75) is 156 Å². The summed E-state index contributed by atoms with van der Waals surface area (Å²) in [7, 11) is -0.488. The molecule has 2 N–H and O–H groups in total. The molecule has 5 aliphatic rings. The van der Waals surface area contributed by atoms with Gasteiger partial charge in [-0.15, -0.1) is 0 Å². The van der Waals surface area contributed by atoms with Crippen molar-refractivity contribution in [1.82, 2.24) is 20.2 Å². The average Bonchev–Trinajstić information content (AvgIpc) is 3.84. The van der Waals surface area contributed by atoms with E-state index in [9.17, 15) is 19.2 Å². The Bertz CT molecular complexity index is 1860. The molecule has 2 aliphatic heterocycles. The molecule has 1 unspecified atom stereocenters. The van der Waals surface area contributed by atoms with Crippen LogP contribution in [0.2, 0.25) is 6.32 Å². The molecule has 58 heavy (non-hydrogen) atoms. The number of carbonyl (C=O) groups is 4. The number of aryl methyl sites for hydroxylation is 1. The van der Waals surface area contributed by atoms with Crippen LogP contribution >= 0.6 is 0 Å². The minimum absolute atomic E-state index is 0.000345. The first kappa shape index (κ1) is 43.3. The molecule has 2 aromatic rings. The molecule has 16 heteroatoms. The van der Waals surface area contributed by atoms with Crippen LogP contribution in [0.5, 0.6) is 11.5 Å². The van der Waals surface area contributed by atoms with Crippen LogP contribution in [0.1, 0.15) is 130 Å². The molecule has 7 rings (SSSR count). The maximum atomic E-state index is 14.2. The van der Waals surface area contributed by atoms with Gasteiger partial charge in [-0.2, -0.15) is 0 Å². The van der Waals surface area contributed by atoms with E-state index in [4.69, 9.17) is 33.0 Å². The quantitative estimate of drug-likeness (QED) is 0.107. The third-order valence-corrected chi connectivity index (χ3v) is 11.5. The number of nitrogens with zero attached hydrogens (tertiary/aromatic N) is 2. The Labute approximate surface area is 342 Å². The lowest BCUT2D eigenvalue weighted by atomic mass is 9.43. The average molecular weight is 809 g/mol. The number of benzene rings is 1. The number of rotatable bonds is 10. The Hall–Kier alpha value is -4.31. The summed E-state index contributed by atoms with van der Waals surface area (Å²) in [4.78, 5) is 62.8. The van der Waals surface area contributed by atoms with E-state index in [1.165, 1.54) is 12.5 Å². The van der Waals surface area contributed by atoms with Crippen LogP contribution in [0, 0.1) is 17.3 Å². The summed E-state index contributed by atoms with van der Waals surface area (Å²) < 4.78 is 42.5. The second-order valence-corrected chi connectivity index (χ2v) is 19.8. The number of amides is 2. The lowest BCUT2D eigenvalue weighted by Gasteiger charge is -2.64. The highest BCUT2D eigenvalue weighted by atomic mass is 16.7. The lowest BCUT2D eigenvalue weighted by molar-refractivity contribution is -0.199. The van der Waals surface area contributed by atoms with E-state index in [0.717, 1.165) is 12.8 Å². The Morgan fingerprint density at radius 1 is 0.983 bits per heavy atom. The van der Waals surface area contributed by atoms with Crippen LogP contribution in [0.25, 0.3) is 0 Å². The SMILES string of the molecule is CC(C)(C)OC(=O)NC(C(=O)N1CC[C@@H](Oc2ccc(CCB3O[C@@H]4C[C@@H]5C[C@@H](C5(C)C)[C@]4(C)O3)c(OC(=O)OC(C)(C)C)c2C(=O)OC(C)(C)C)C1)c1c[nH]cn1. The van der Waals surface area contributed by atoms with Gasteiger partial charge in [0.1, 0.15) is 34.2 Å². The van der Waals surface area contributed by atoms with Crippen LogP contribution in [0.4, 0.5) is 9.59 Å². The van der Waals surface area contributed by atoms with Gasteiger partial charge in [0.15, 0.2) is 11.8 Å². The maximum Gasteiger partial charge on any atom is 0.514 e. The largest absolute Gasteiger partial charge is 0.514 e. The maximum absolute atomic E-state index is 14.2. The number of esters is 1. The second-order valence-electron chi connectivity index (χ2n) is 19.8. The molecule has 6 atom stereocenters. The zero-order chi connectivity index (χ0) is 42.6. The fourth-order valence-corrected chi connectivity index (χ4v) is 8.75. The topological polar surface area (TPSA) is 177 Å². The summed E-state index contributed by atoms with van der Waals surface area (Å²) >= 11 is 0. The number of likely N-dealkylation sites (tertiary alicyclic amines) is 1. The van der Waals surface area contributed by atoms with Crippen molar-refractivity contribution in [3.05, 3.63) is 41.5 Å². The third kappa shape index (κ3) is 9.59. The van der Waals surface area contributed by atoms with Crippen molar-refractivity contribution in [2.24, 2.45) is 17.3 Å².